The average Bonchev–Trinajstić information content (AvgIpc) is 3.10. The number of imidazole rings is 1. The third-order valence-electron chi connectivity index (χ3n) is 4.93. The van der Waals surface area contributed by atoms with E-state index in [1.165, 1.54) is 12.8 Å². The minimum absolute atomic E-state index is 0.233. The van der Waals surface area contributed by atoms with E-state index in [1.807, 2.05) is 18.2 Å². The molecule has 0 amide bonds. The Labute approximate surface area is 157 Å². The molecule has 1 aliphatic heterocycles. The SMILES string of the molecule is CN1CCCC(COc2ccc3ncc(-c4cccc(C(=O)O)c4)n3n2)C1. The number of fused-ring (bicyclic) bond motifs is 1. The summed E-state index contributed by atoms with van der Waals surface area (Å²) >= 11 is 0. The molecule has 7 heteroatoms. The first-order valence-electron chi connectivity index (χ1n) is 9.10. The molecule has 7 nitrogen and oxygen atoms in total. The van der Waals surface area contributed by atoms with Gasteiger partial charge in [0.15, 0.2) is 5.65 Å². The highest BCUT2D eigenvalue weighted by Gasteiger charge is 2.18. The molecule has 1 atom stereocenters. The monoisotopic (exact) mass is 366 g/mol. The van der Waals surface area contributed by atoms with Crippen molar-refractivity contribution in [1.82, 2.24) is 19.5 Å². The average molecular weight is 366 g/mol. The number of rotatable bonds is 5. The Balaban J connectivity index is 1.58. The van der Waals surface area contributed by atoms with Crippen LogP contribution in [0.1, 0.15) is 23.2 Å². The van der Waals surface area contributed by atoms with E-state index in [2.05, 4.69) is 22.0 Å². The van der Waals surface area contributed by atoms with Crippen molar-refractivity contribution in [2.45, 2.75) is 12.8 Å². The van der Waals surface area contributed by atoms with Gasteiger partial charge in [-0.05, 0) is 44.6 Å². The molecule has 3 heterocycles. The summed E-state index contributed by atoms with van der Waals surface area (Å²) < 4.78 is 7.64. The molecule has 140 valence electrons. The fourth-order valence-electron chi connectivity index (χ4n) is 3.55. The van der Waals surface area contributed by atoms with Gasteiger partial charge in [-0.1, -0.05) is 12.1 Å². The Bertz CT molecular complexity index is 969. The van der Waals surface area contributed by atoms with Gasteiger partial charge in [-0.2, -0.15) is 0 Å². The van der Waals surface area contributed by atoms with Crippen molar-refractivity contribution in [2.24, 2.45) is 5.92 Å². The number of carboxylic acids is 1. The van der Waals surface area contributed by atoms with E-state index in [9.17, 15) is 9.90 Å². The molecule has 1 aromatic carbocycles. The summed E-state index contributed by atoms with van der Waals surface area (Å²) in [5.41, 5.74) is 2.41. The van der Waals surface area contributed by atoms with E-state index in [0.29, 0.717) is 24.1 Å². The van der Waals surface area contributed by atoms with Crippen molar-refractivity contribution in [1.29, 1.82) is 0 Å². The second kappa shape index (κ2) is 7.36. The second-order valence-electron chi connectivity index (χ2n) is 7.05. The molecule has 1 aliphatic rings. The second-order valence-corrected chi connectivity index (χ2v) is 7.05. The zero-order valence-electron chi connectivity index (χ0n) is 15.2. The maximum atomic E-state index is 11.2. The predicted octanol–water partition coefficient (Wildman–Crippen LogP) is 2.82. The first-order chi connectivity index (χ1) is 13.1. The molecular weight excluding hydrogens is 344 g/mol. The number of carbonyl (C=O) groups is 1. The lowest BCUT2D eigenvalue weighted by molar-refractivity contribution is 0.0697. The Hall–Kier alpha value is -2.93. The van der Waals surface area contributed by atoms with Crippen LogP contribution in [0.4, 0.5) is 0 Å². The molecule has 0 spiro atoms. The topological polar surface area (TPSA) is 80.0 Å². The van der Waals surface area contributed by atoms with Gasteiger partial charge < -0.3 is 14.7 Å². The summed E-state index contributed by atoms with van der Waals surface area (Å²) in [7, 11) is 2.14. The summed E-state index contributed by atoms with van der Waals surface area (Å²) in [6, 6.07) is 10.4. The van der Waals surface area contributed by atoms with E-state index in [0.717, 1.165) is 24.3 Å². The fraction of sp³-hybridized carbons (Fsp3) is 0.350. The number of carboxylic acid groups (broad SMARTS) is 1. The Kier molecular flexibility index (Phi) is 4.77. The van der Waals surface area contributed by atoms with E-state index in [-0.39, 0.29) is 5.56 Å². The Morgan fingerprint density at radius 3 is 3.04 bits per heavy atom. The van der Waals surface area contributed by atoms with Crippen molar-refractivity contribution in [3.8, 4) is 17.1 Å². The van der Waals surface area contributed by atoms with Crippen molar-refractivity contribution in [2.75, 3.05) is 26.7 Å². The normalized spacial score (nSPS) is 17.9. The molecule has 1 saturated heterocycles. The highest BCUT2D eigenvalue weighted by atomic mass is 16.5. The lowest BCUT2D eigenvalue weighted by atomic mass is 10.00. The Morgan fingerprint density at radius 1 is 1.33 bits per heavy atom. The Morgan fingerprint density at radius 2 is 2.22 bits per heavy atom. The minimum atomic E-state index is -0.958. The van der Waals surface area contributed by atoms with E-state index < -0.39 is 5.97 Å². The van der Waals surface area contributed by atoms with Crippen molar-refractivity contribution in [3.05, 3.63) is 48.2 Å². The van der Waals surface area contributed by atoms with E-state index in [4.69, 9.17) is 4.74 Å². The molecule has 0 radical (unpaired) electrons. The molecule has 1 N–H and O–H groups in total. The zero-order chi connectivity index (χ0) is 18.8. The van der Waals surface area contributed by atoms with Gasteiger partial charge >= 0.3 is 5.97 Å². The highest BCUT2D eigenvalue weighted by molar-refractivity contribution is 5.89. The third-order valence-corrected chi connectivity index (χ3v) is 4.93. The van der Waals surface area contributed by atoms with Gasteiger partial charge in [-0.3, -0.25) is 0 Å². The fourth-order valence-corrected chi connectivity index (χ4v) is 3.55. The van der Waals surface area contributed by atoms with Crippen molar-refractivity contribution >= 4 is 11.6 Å². The summed E-state index contributed by atoms with van der Waals surface area (Å²) in [4.78, 5) is 17.9. The van der Waals surface area contributed by atoms with Crippen LogP contribution in [0, 0.1) is 5.92 Å². The van der Waals surface area contributed by atoms with Crippen LogP contribution in [0.2, 0.25) is 0 Å². The molecular formula is C20H22N4O3. The number of likely N-dealkylation sites (tertiary alicyclic amines) is 1. The smallest absolute Gasteiger partial charge is 0.335 e. The molecule has 0 bridgehead atoms. The van der Waals surface area contributed by atoms with E-state index >= 15 is 0 Å². The van der Waals surface area contributed by atoms with E-state index in [1.54, 1.807) is 28.9 Å². The maximum Gasteiger partial charge on any atom is 0.335 e. The molecule has 1 unspecified atom stereocenters. The highest BCUT2D eigenvalue weighted by Crippen LogP contribution is 2.23. The lowest BCUT2D eigenvalue weighted by Crippen LogP contribution is -2.34. The number of piperidine rings is 1. The van der Waals surface area contributed by atoms with Crippen molar-refractivity contribution in [3.63, 3.8) is 0 Å². The largest absolute Gasteiger partial charge is 0.478 e. The van der Waals surface area contributed by atoms with Crippen LogP contribution < -0.4 is 4.74 Å². The number of aromatic nitrogens is 3. The van der Waals surface area contributed by atoms with Gasteiger partial charge in [-0.25, -0.2) is 14.3 Å². The number of ether oxygens (including phenoxy) is 1. The molecule has 1 fully saturated rings. The third kappa shape index (κ3) is 3.78. The first kappa shape index (κ1) is 17.5. The summed E-state index contributed by atoms with van der Waals surface area (Å²) in [5.74, 6) is 0.0974. The predicted molar refractivity (Wildman–Crippen MR) is 101 cm³/mol. The van der Waals surface area contributed by atoms with Gasteiger partial charge in [-0.15, -0.1) is 5.10 Å². The molecule has 27 heavy (non-hydrogen) atoms. The lowest BCUT2D eigenvalue weighted by Gasteiger charge is -2.29. The molecule has 3 aromatic rings. The van der Waals surface area contributed by atoms with Crippen LogP contribution in [-0.4, -0.2) is 57.3 Å². The van der Waals surface area contributed by atoms with Crippen LogP contribution in [0.25, 0.3) is 16.9 Å². The number of nitrogens with zero attached hydrogens (tertiary/aromatic N) is 4. The maximum absolute atomic E-state index is 11.2. The van der Waals surface area contributed by atoms with Gasteiger partial charge in [0, 0.05) is 24.1 Å². The quantitative estimate of drug-likeness (QED) is 0.748. The standard InChI is InChI=1S/C20H22N4O3/c1-23-9-3-4-14(12-23)13-27-19-8-7-18-21-11-17(24(18)22-19)15-5-2-6-16(10-15)20(25)26/h2,5-8,10-11,14H,3-4,9,12-13H2,1H3,(H,25,26). The number of hydrogen-bond acceptors (Lipinski definition) is 5. The molecule has 0 saturated carbocycles. The van der Waals surface area contributed by atoms with Gasteiger partial charge in [0.1, 0.15) is 0 Å². The number of aromatic carboxylic acids is 1. The summed E-state index contributed by atoms with van der Waals surface area (Å²) in [5, 5.41) is 13.8. The molecule has 2 aromatic heterocycles. The summed E-state index contributed by atoms with van der Waals surface area (Å²) in [6.07, 6.45) is 4.07. The van der Waals surface area contributed by atoms with Crippen LogP contribution in [-0.2, 0) is 0 Å². The summed E-state index contributed by atoms with van der Waals surface area (Å²) in [6.45, 7) is 2.83. The van der Waals surface area contributed by atoms with Gasteiger partial charge in [0.05, 0.1) is 24.1 Å². The van der Waals surface area contributed by atoms with Crippen LogP contribution >= 0.6 is 0 Å². The van der Waals surface area contributed by atoms with Crippen LogP contribution in [0.5, 0.6) is 5.88 Å². The zero-order valence-corrected chi connectivity index (χ0v) is 15.2. The minimum Gasteiger partial charge on any atom is -0.478 e. The van der Waals surface area contributed by atoms with Crippen molar-refractivity contribution < 1.29 is 14.6 Å². The number of benzene rings is 1. The number of hydrogen-bond donors (Lipinski definition) is 1. The molecule has 0 aliphatic carbocycles. The van der Waals surface area contributed by atoms with Crippen LogP contribution in [0.15, 0.2) is 42.6 Å². The first-order valence-corrected chi connectivity index (χ1v) is 9.10. The molecule has 4 rings (SSSR count). The van der Waals surface area contributed by atoms with Gasteiger partial charge in [0.2, 0.25) is 5.88 Å². The van der Waals surface area contributed by atoms with Gasteiger partial charge in [0.25, 0.3) is 0 Å². The van der Waals surface area contributed by atoms with Crippen LogP contribution in [0.3, 0.4) is 0 Å².